The number of amides is 1. The van der Waals surface area contributed by atoms with Crippen LogP contribution >= 0.6 is 0 Å². The Morgan fingerprint density at radius 2 is 1.02 bits per heavy atom. The van der Waals surface area contributed by atoms with Gasteiger partial charge in [-0.05, 0) is 12.8 Å². The quantitative estimate of drug-likeness (QED) is 0.0364. The van der Waals surface area contributed by atoms with Crippen molar-refractivity contribution in [3.8, 4) is 0 Å². The highest BCUT2D eigenvalue weighted by Gasteiger charge is 2.44. The summed E-state index contributed by atoms with van der Waals surface area (Å²) in [6.07, 6.45) is 23.9. The van der Waals surface area contributed by atoms with Crippen molar-refractivity contribution in [2.24, 2.45) is 0 Å². The molecule has 1 heterocycles. The zero-order valence-corrected chi connectivity index (χ0v) is 32.0. The summed E-state index contributed by atoms with van der Waals surface area (Å²) in [4.78, 5) is 12.7. The van der Waals surface area contributed by atoms with E-state index in [1.165, 1.54) is 135 Å². The van der Waals surface area contributed by atoms with Crippen LogP contribution in [0.4, 0.5) is 0 Å². The lowest BCUT2D eigenvalue weighted by atomic mass is 9.99. The molecule has 0 spiro atoms. The van der Waals surface area contributed by atoms with Gasteiger partial charge in [0.1, 0.15) is 30.5 Å². The molecule has 1 amide bonds. The number of nitrogens with one attached hydrogen (secondary N) is 1. The molecule has 1 fully saturated rings. The summed E-state index contributed by atoms with van der Waals surface area (Å²) in [5.74, 6) is -0.274. The first-order valence-corrected chi connectivity index (χ1v) is 20.8. The Bertz CT molecular complexity index is 773. The molecule has 0 saturated carbocycles. The summed E-state index contributed by atoms with van der Waals surface area (Å²) in [6, 6.07) is -0.982. The molecule has 1 aliphatic rings. The van der Waals surface area contributed by atoms with Crippen molar-refractivity contribution in [2.45, 2.75) is 236 Å². The number of hydrogen-bond acceptors (Lipinski definition) is 9. The third kappa shape index (κ3) is 22.3. The molecule has 7 N–H and O–H groups in total. The molecule has 1 saturated heterocycles. The summed E-state index contributed by atoms with van der Waals surface area (Å²) < 4.78 is 10.9. The van der Waals surface area contributed by atoms with E-state index in [4.69, 9.17) is 9.47 Å². The second-order valence-corrected chi connectivity index (χ2v) is 14.9. The highest BCUT2D eigenvalue weighted by atomic mass is 16.7. The van der Waals surface area contributed by atoms with Gasteiger partial charge in [-0.2, -0.15) is 0 Å². The lowest BCUT2D eigenvalue weighted by molar-refractivity contribution is -0.303. The largest absolute Gasteiger partial charge is 0.394 e. The minimum atomic E-state index is -1.60. The first kappa shape index (κ1) is 47.2. The van der Waals surface area contributed by atoms with Gasteiger partial charge in [0.25, 0.3) is 0 Å². The summed E-state index contributed by atoms with van der Waals surface area (Å²) >= 11 is 0. The van der Waals surface area contributed by atoms with Gasteiger partial charge in [-0.3, -0.25) is 4.79 Å². The maximum atomic E-state index is 12.7. The lowest BCUT2D eigenvalue weighted by Crippen LogP contribution is -2.60. The molecule has 298 valence electrons. The molecule has 1 aliphatic heterocycles. The molecule has 50 heavy (non-hydrogen) atoms. The number of carbonyl (C=O) groups excluding carboxylic acids is 1. The van der Waals surface area contributed by atoms with Gasteiger partial charge in [-0.15, -0.1) is 0 Å². The van der Waals surface area contributed by atoms with Gasteiger partial charge in [-0.25, -0.2) is 0 Å². The number of ether oxygens (including phenoxy) is 2. The summed E-state index contributed by atoms with van der Waals surface area (Å²) in [7, 11) is 0. The molecule has 0 aromatic rings. The van der Waals surface area contributed by atoms with Crippen LogP contribution in [0.2, 0.25) is 0 Å². The number of aliphatic hydroxyl groups excluding tert-OH is 6. The number of hydrogen-bond donors (Lipinski definition) is 7. The zero-order valence-electron chi connectivity index (χ0n) is 32.0. The van der Waals surface area contributed by atoms with Crippen molar-refractivity contribution in [2.75, 3.05) is 13.2 Å². The van der Waals surface area contributed by atoms with Gasteiger partial charge < -0.3 is 45.4 Å². The number of rotatable bonds is 34. The molecule has 8 atom stereocenters. The van der Waals surface area contributed by atoms with Crippen LogP contribution in [-0.2, 0) is 14.3 Å². The number of unbranched alkanes of at least 4 members (excludes halogenated alkanes) is 24. The Kier molecular flexibility index (Phi) is 29.9. The third-order valence-electron chi connectivity index (χ3n) is 10.4. The Labute approximate surface area is 305 Å². The zero-order chi connectivity index (χ0) is 36.8. The average molecular weight is 718 g/mol. The summed E-state index contributed by atoms with van der Waals surface area (Å²) in [6.45, 7) is 3.07. The molecule has 0 bridgehead atoms. The smallest absolute Gasteiger partial charge is 0.220 e. The highest BCUT2D eigenvalue weighted by Crippen LogP contribution is 2.23. The van der Waals surface area contributed by atoms with Crippen LogP contribution < -0.4 is 5.32 Å². The molecule has 0 aromatic heterocycles. The molecule has 10 nitrogen and oxygen atoms in total. The molecule has 0 aliphatic carbocycles. The second-order valence-electron chi connectivity index (χ2n) is 14.9. The van der Waals surface area contributed by atoms with E-state index >= 15 is 0 Å². The topological polar surface area (TPSA) is 169 Å². The van der Waals surface area contributed by atoms with E-state index in [-0.39, 0.29) is 25.4 Å². The van der Waals surface area contributed by atoms with Crippen molar-refractivity contribution in [1.82, 2.24) is 5.32 Å². The van der Waals surface area contributed by atoms with Crippen LogP contribution in [0.25, 0.3) is 0 Å². The normalized spacial score (nSPS) is 22.8. The number of aliphatic hydroxyl groups is 6. The van der Waals surface area contributed by atoms with E-state index in [2.05, 4.69) is 12.2 Å². The lowest BCUT2D eigenvalue weighted by Gasteiger charge is -2.40. The van der Waals surface area contributed by atoms with Crippen LogP contribution in [0.1, 0.15) is 187 Å². The monoisotopic (exact) mass is 718 g/mol. The van der Waals surface area contributed by atoms with E-state index in [1.807, 2.05) is 0 Å². The van der Waals surface area contributed by atoms with Crippen LogP contribution in [0.5, 0.6) is 0 Å². The predicted molar refractivity (Wildman–Crippen MR) is 200 cm³/mol. The minimum Gasteiger partial charge on any atom is -0.394 e. The van der Waals surface area contributed by atoms with Crippen LogP contribution in [0.15, 0.2) is 0 Å². The molecule has 0 unspecified atom stereocenters. The number of carbonyl (C=O) groups is 1. The average Bonchev–Trinajstić information content (AvgIpc) is 3.12. The van der Waals surface area contributed by atoms with Crippen molar-refractivity contribution in [3.63, 3.8) is 0 Å². The van der Waals surface area contributed by atoms with Gasteiger partial charge in [-0.1, -0.05) is 168 Å². The van der Waals surface area contributed by atoms with Gasteiger partial charge in [0.05, 0.1) is 25.4 Å². The first-order chi connectivity index (χ1) is 24.3. The van der Waals surface area contributed by atoms with Crippen molar-refractivity contribution >= 4 is 5.91 Å². The van der Waals surface area contributed by atoms with Crippen molar-refractivity contribution in [1.29, 1.82) is 0 Å². The van der Waals surface area contributed by atoms with Gasteiger partial charge in [0.15, 0.2) is 6.29 Å². The van der Waals surface area contributed by atoms with Crippen molar-refractivity contribution < 1.29 is 44.9 Å². The maximum absolute atomic E-state index is 12.7. The van der Waals surface area contributed by atoms with Gasteiger partial charge in [0.2, 0.25) is 5.91 Å². The van der Waals surface area contributed by atoms with E-state index in [1.54, 1.807) is 6.92 Å². The SMILES string of the molecule is CCCCCCCCCCCCCCCCCCCCCCCCCCCC(=O)N[C@@H](CO[C@H]1O[C@H](CO)[C@H](O)[C@H](O)[C@H]1O)[C@H](O)[C@H](O)CC. The van der Waals surface area contributed by atoms with Crippen molar-refractivity contribution in [3.05, 3.63) is 0 Å². The molecule has 0 aromatic carbocycles. The molecular formula is C40H79NO9. The van der Waals surface area contributed by atoms with E-state index in [0.29, 0.717) is 0 Å². The third-order valence-corrected chi connectivity index (χ3v) is 10.4. The second kappa shape index (κ2) is 31.7. The first-order valence-electron chi connectivity index (χ1n) is 20.8. The fourth-order valence-electron chi connectivity index (χ4n) is 6.84. The van der Waals surface area contributed by atoms with E-state index in [9.17, 15) is 35.4 Å². The Balaban J connectivity index is 2.02. The summed E-state index contributed by atoms with van der Waals surface area (Å²) in [5.41, 5.74) is 0. The Morgan fingerprint density at radius 1 is 0.620 bits per heavy atom. The van der Waals surface area contributed by atoms with Gasteiger partial charge in [0, 0.05) is 6.42 Å². The Hall–Kier alpha value is -0.850. The molecule has 0 radical (unpaired) electrons. The van der Waals surface area contributed by atoms with Crippen LogP contribution in [0, 0.1) is 0 Å². The molecule has 10 heteroatoms. The standard InChI is InChI=1S/C40H79NO9/c1-3-5-6-7-8-9-10-11-12-13-14-15-16-17-18-19-20-21-22-23-24-25-26-27-28-29-35(44)41-32(36(45)33(43)4-2)31-49-40-39(48)38(47)37(46)34(30-42)50-40/h32-34,36-40,42-43,45-48H,3-31H2,1-2H3,(H,41,44)/t32-,33+,34+,36-,37-,38-,39+,40-/m0/s1. The fraction of sp³-hybridized carbons (Fsp3) is 0.975. The molecule has 1 rings (SSSR count). The fourth-order valence-corrected chi connectivity index (χ4v) is 6.84. The van der Waals surface area contributed by atoms with Crippen LogP contribution in [0.3, 0.4) is 0 Å². The predicted octanol–water partition coefficient (Wildman–Crippen LogP) is 6.58. The summed E-state index contributed by atoms with van der Waals surface area (Å²) in [5, 5.41) is 63.1. The van der Waals surface area contributed by atoms with Gasteiger partial charge >= 0.3 is 0 Å². The van der Waals surface area contributed by atoms with Crippen LogP contribution in [-0.4, -0.2) is 98.7 Å². The maximum Gasteiger partial charge on any atom is 0.220 e. The molecular weight excluding hydrogens is 638 g/mol. The van der Waals surface area contributed by atoms with E-state index in [0.717, 1.165) is 25.7 Å². The van der Waals surface area contributed by atoms with E-state index < -0.39 is 55.6 Å². The Morgan fingerprint density at radius 3 is 1.40 bits per heavy atom. The minimum absolute atomic E-state index is 0.257. The highest BCUT2D eigenvalue weighted by molar-refractivity contribution is 5.76.